The number of rotatable bonds is 6. The summed E-state index contributed by atoms with van der Waals surface area (Å²) in [6, 6.07) is 0. The van der Waals surface area contributed by atoms with Crippen molar-refractivity contribution >= 4 is 0 Å². The normalized spacial score (nSPS) is 19.5. The molecular weight excluding hydrogens is 222 g/mol. The van der Waals surface area contributed by atoms with Crippen molar-refractivity contribution in [3.63, 3.8) is 0 Å². The Morgan fingerprint density at radius 2 is 1.44 bits per heavy atom. The molecule has 3 atom stereocenters. The van der Waals surface area contributed by atoms with Crippen molar-refractivity contribution in [2.24, 2.45) is 29.0 Å². The van der Waals surface area contributed by atoms with Gasteiger partial charge in [-0.05, 0) is 38.5 Å². The second-order valence-corrected chi connectivity index (χ2v) is 6.62. The summed E-state index contributed by atoms with van der Waals surface area (Å²) in [5, 5.41) is 0. The Balaban J connectivity index is 0. The third-order valence-corrected chi connectivity index (χ3v) is 3.86. The van der Waals surface area contributed by atoms with Crippen LogP contribution < -0.4 is 17.2 Å². The van der Waals surface area contributed by atoms with Gasteiger partial charge in [-0.25, -0.2) is 0 Å². The van der Waals surface area contributed by atoms with Crippen molar-refractivity contribution in [1.29, 1.82) is 0 Å². The minimum Gasteiger partial charge on any atom is -0.329 e. The van der Waals surface area contributed by atoms with Crippen molar-refractivity contribution < 1.29 is 0 Å². The van der Waals surface area contributed by atoms with Gasteiger partial charge in [-0.2, -0.15) is 0 Å². The molecule has 3 heteroatoms. The zero-order chi connectivity index (χ0) is 15.0. The van der Waals surface area contributed by atoms with Gasteiger partial charge in [-0.1, -0.05) is 41.0 Å². The molecule has 0 rings (SSSR count). The minimum absolute atomic E-state index is 0.0637. The lowest BCUT2D eigenvalue weighted by molar-refractivity contribution is 0.317. The summed E-state index contributed by atoms with van der Waals surface area (Å²) in [5.74, 6) is 1.24. The van der Waals surface area contributed by atoms with Crippen molar-refractivity contribution in [1.82, 2.24) is 0 Å². The average Bonchev–Trinajstić information content (AvgIpc) is 2.27. The first kappa shape index (κ1) is 20.2. The molecule has 18 heavy (non-hydrogen) atoms. The first-order valence-corrected chi connectivity index (χ1v) is 7.30. The van der Waals surface area contributed by atoms with Gasteiger partial charge in [0.25, 0.3) is 0 Å². The highest BCUT2D eigenvalue weighted by Crippen LogP contribution is 2.16. The van der Waals surface area contributed by atoms with Crippen LogP contribution in [-0.2, 0) is 0 Å². The molecule has 0 fully saturated rings. The van der Waals surface area contributed by atoms with Crippen LogP contribution >= 0.6 is 0 Å². The maximum Gasteiger partial charge on any atom is 0.0275 e. The third kappa shape index (κ3) is 9.86. The summed E-state index contributed by atoms with van der Waals surface area (Å²) < 4.78 is 0. The van der Waals surface area contributed by atoms with Gasteiger partial charge < -0.3 is 17.2 Å². The predicted octanol–water partition coefficient (Wildman–Crippen LogP) is 2.87. The van der Waals surface area contributed by atoms with Gasteiger partial charge in [-0.3, -0.25) is 0 Å². The van der Waals surface area contributed by atoms with Gasteiger partial charge in [-0.15, -0.1) is 0 Å². The summed E-state index contributed by atoms with van der Waals surface area (Å²) in [7, 11) is 0. The molecule has 0 aliphatic carbocycles. The van der Waals surface area contributed by atoms with E-state index < -0.39 is 0 Å². The summed E-state index contributed by atoms with van der Waals surface area (Å²) >= 11 is 0. The molecule has 0 aliphatic heterocycles. The van der Waals surface area contributed by atoms with Crippen LogP contribution in [0.2, 0.25) is 0 Å². The number of hydrogen-bond donors (Lipinski definition) is 3. The van der Waals surface area contributed by atoms with E-state index in [9.17, 15) is 0 Å². The van der Waals surface area contributed by atoms with Gasteiger partial charge in [0, 0.05) is 17.6 Å². The Morgan fingerprint density at radius 3 is 1.56 bits per heavy atom. The van der Waals surface area contributed by atoms with Crippen LogP contribution in [-0.4, -0.2) is 17.6 Å². The zero-order valence-electron chi connectivity index (χ0n) is 13.7. The third-order valence-electron chi connectivity index (χ3n) is 3.86. The Bertz CT molecular complexity index is 198. The second-order valence-electron chi connectivity index (χ2n) is 6.62. The summed E-state index contributed by atoms with van der Waals surface area (Å²) in [6.07, 6.45) is 3.30. The molecule has 3 unspecified atom stereocenters. The SMILES string of the molecule is CCC(C)(N)CC(C)C.CCC(C)C(C)(N)CN. The molecule has 0 aromatic heterocycles. The van der Waals surface area contributed by atoms with E-state index in [-0.39, 0.29) is 11.1 Å². The highest BCUT2D eigenvalue weighted by Gasteiger charge is 2.22. The Morgan fingerprint density at radius 1 is 1.00 bits per heavy atom. The second kappa shape index (κ2) is 8.89. The van der Waals surface area contributed by atoms with Crippen LogP contribution in [0.4, 0.5) is 0 Å². The molecule has 0 amide bonds. The fourth-order valence-corrected chi connectivity index (χ4v) is 1.74. The summed E-state index contributed by atoms with van der Waals surface area (Å²) in [6.45, 7) is 15.5. The number of hydrogen-bond acceptors (Lipinski definition) is 3. The Labute approximate surface area is 115 Å². The molecule has 0 saturated carbocycles. The zero-order valence-corrected chi connectivity index (χ0v) is 13.7. The van der Waals surface area contributed by atoms with Gasteiger partial charge in [0.15, 0.2) is 0 Å². The van der Waals surface area contributed by atoms with Crippen LogP contribution in [0.25, 0.3) is 0 Å². The highest BCUT2D eigenvalue weighted by molar-refractivity contribution is 4.84. The van der Waals surface area contributed by atoms with E-state index in [0.717, 1.165) is 25.2 Å². The fourth-order valence-electron chi connectivity index (χ4n) is 1.74. The Kier molecular flexibility index (Phi) is 9.98. The predicted molar refractivity (Wildman–Crippen MR) is 83.4 cm³/mol. The van der Waals surface area contributed by atoms with E-state index in [4.69, 9.17) is 17.2 Å². The standard InChI is InChI=1S/C8H19N.C7H18N2/c1-5-8(4,9)6-7(2)3;1-4-6(2)7(3,9)5-8/h7H,5-6,9H2,1-4H3;6H,4-5,8-9H2,1-3H3. The van der Waals surface area contributed by atoms with E-state index in [1.165, 1.54) is 0 Å². The maximum atomic E-state index is 5.92. The quantitative estimate of drug-likeness (QED) is 0.686. The molecule has 0 spiro atoms. The molecule has 6 N–H and O–H groups in total. The van der Waals surface area contributed by atoms with Crippen LogP contribution in [0.3, 0.4) is 0 Å². The molecule has 0 bridgehead atoms. The molecule has 3 nitrogen and oxygen atoms in total. The molecule has 0 aromatic carbocycles. The average molecular weight is 259 g/mol. The lowest BCUT2D eigenvalue weighted by atomic mass is 9.86. The van der Waals surface area contributed by atoms with Crippen molar-refractivity contribution in [3.05, 3.63) is 0 Å². The fraction of sp³-hybridized carbons (Fsp3) is 1.00. The van der Waals surface area contributed by atoms with Crippen LogP contribution in [0.1, 0.15) is 67.7 Å². The van der Waals surface area contributed by atoms with Crippen molar-refractivity contribution in [2.75, 3.05) is 6.54 Å². The van der Waals surface area contributed by atoms with Crippen molar-refractivity contribution in [3.8, 4) is 0 Å². The first-order chi connectivity index (χ1) is 8.02. The molecule has 0 aromatic rings. The molecular formula is C15H37N3. The van der Waals surface area contributed by atoms with E-state index in [2.05, 4.69) is 41.5 Å². The van der Waals surface area contributed by atoms with Gasteiger partial charge in [0.1, 0.15) is 0 Å². The summed E-state index contributed by atoms with van der Waals surface area (Å²) in [4.78, 5) is 0. The van der Waals surface area contributed by atoms with E-state index in [1.807, 2.05) is 6.92 Å². The highest BCUT2D eigenvalue weighted by atomic mass is 14.8. The van der Waals surface area contributed by atoms with Gasteiger partial charge in [0.05, 0.1) is 0 Å². The van der Waals surface area contributed by atoms with E-state index in [0.29, 0.717) is 12.5 Å². The number of nitrogens with two attached hydrogens (primary N) is 3. The maximum absolute atomic E-state index is 5.92. The van der Waals surface area contributed by atoms with Gasteiger partial charge >= 0.3 is 0 Å². The molecule has 0 aliphatic rings. The van der Waals surface area contributed by atoms with Gasteiger partial charge in [0.2, 0.25) is 0 Å². The first-order valence-electron chi connectivity index (χ1n) is 7.30. The Hall–Kier alpha value is -0.120. The summed E-state index contributed by atoms with van der Waals surface area (Å²) in [5.41, 5.74) is 17.1. The lowest BCUT2D eigenvalue weighted by Crippen LogP contribution is -2.49. The monoisotopic (exact) mass is 259 g/mol. The molecule has 0 radical (unpaired) electrons. The van der Waals surface area contributed by atoms with Crippen LogP contribution in [0.15, 0.2) is 0 Å². The molecule has 112 valence electrons. The largest absolute Gasteiger partial charge is 0.329 e. The van der Waals surface area contributed by atoms with E-state index >= 15 is 0 Å². The van der Waals surface area contributed by atoms with Crippen molar-refractivity contribution in [2.45, 2.75) is 78.8 Å². The molecule has 0 heterocycles. The smallest absolute Gasteiger partial charge is 0.0275 e. The minimum atomic E-state index is -0.172. The molecule has 0 saturated heterocycles. The lowest BCUT2D eigenvalue weighted by Gasteiger charge is -2.29. The van der Waals surface area contributed by atoms with E-state index in [1.54, 1.807) is 0 Å². The van der Waals surface area contributed by atoms with Crippen LogP contribution in [0, 0.1) is 11.8 Å². The topological polar surface area (TPSA) is 78.1 Å². The van der Waals surface area contributed by atoms with Crippen LogP contribution in [0.5, 0.6) is 0 Å².